The second kappa shape index (κ2) is 7.66. The summed E-state index contributed by atoms with van der Waals surface area (Å²) in [6.45, 7) is 7.06. The molecule has 1 fully saturated rings. The Bertz CT molecular complexity index is 383. The van der Waals surface area contributed by atoms with Gasteiger partial charge in [-0.3, -0.25) is 0 Å². The summed E-state index contributed by atoms with van der Waals surface area (Å²) in [6, 6.07) is 6.64. The first-order valence-corrected chi connectivity index (χ1v) is 7.64. The summed E-state index contributed by atoms with van der Waals surface area (Å²) in [5.74, 6) is 0. The van der Waals surface area contributed by atoms with Crippen LogP contribution in [0.1, 0.15) is 48.8 Å². The predicted molar refractivity (Wildman–Crippen MR) is 80.4 cm³/mol. The second-order valence-corrected chi connectivity index (χ2v) is 5.74. The molecule has 0 heterocycles. The third-order valence-electron chi connectivity index (χ3n) is 4.00. The molecule has 0 atom stereocenters. The SMILES string of the molecule is Cc1ccc(C)c(CNCCOC2CCCCC2)c1. The first-order chi connectivity index (χ1) is 9.25. The van der Waals surface area contributed by atoms with Crippen LogP contribution in [0.5, 0.6) is 0 Å². The molecule has 0 spiro atoms. The lowest BCUT2D eigenvalue weighted by Crippen LogP contribution is -2.24. The smallest absolute Gasteiger partial charge is 0.0594 e. The van der Waals surface area contributed by atoms with E-state index in [2.05, 4.69) is 37.4 Å². The van der Waals surface area contributed by atoms with Gasteiger partial charge in [-0.15, -0.1) is 0 Å². The number of aryl methyl sites for hydroxylation is 2. The van der Waals surface area contributed by atoms with Crippen molar-refractivity contribution in [3.63, 3.8) is 0 Å². The van der Waals surface area contributed by atoms with E-state index in [-0.39, 0.29) is 0 Å². The van der Waals surface area contributed by atoms with Gasteiger partial charge >= 0.3 is 0 Å². The van der Waals surface area contributed by atoms with Crippen LogP contribution in [0.4, 0.5) is 0 Å². The van der Waals surface area contributed by atoms with Crippen molar-refractivity contribution in [3.05, 3.63) is 34.9 Å². The number of nitrogens with one attached hydrogen (secondary N) is 1. The van der Waals surface area contributed by atoms with Crippen LogP contribution in [0.25, 0.3) is 0 Å². The van der Waals surface area contributed by atoms with E-state index in [9.17, 15) is 0 Å². The molecule has 0 bridgehead atoms. The van der Waals surface area contributed by atoms with Gasteiger partial charge in [0.05, 0.1) is 12.7 Å². The summed E-state index contributed by atoms with van der Waals surface area (Å²) in [4.78, 5) is 0. The molecule has 1 aromatic rings. The molecule has 1 N–H and O–H groups in total. The number of hydrogen-bond donors (Lipinski definition) is 1. The van der Waals surface area contributed by atoms with Crippen molar-refractivity contribution >= 4 is 0 Å². The van der Waals surface area contributed by atoms with Crippen molar-refractivity contribution in [2.45, 2.75) is 58.6 Å². The highest BCUT2D eigenvalue weighted by Gasteiger charge is 2.12. The van der Waals surface area contributed by atoms with Gasteiger partial charge in [-0.25, -0.2) is 0 Å². The highest BCUT2D eigenvalue weighted by Crippen LogP contribution is 2.19. The van der Waals surface area contributed by atoms with Crippen LogP contribution in [-0.2, 0) is 11.3 Å². The highest BCUT2D eigenvalue weighted by molar-refractivity contribution is 5.30. The standard InChI is InChI=1S/C17H27NO/c1-14-8-9-15(2)16(12-14)13-18-10-11-19-17-6-4-3-5-7-17/h8-9,12,17-18H,3-7,10-11,13H2,1-2H3. The molecule has 0 amide bonds. The van der Waals surface area contributed by atoms with Crippen LogP contribution in [0.2, 0.25) is 0 Å². The lowest BCUT2D eigenvalue weighted by molar-refractivity contribution is 0.0302. The van der Waals surface area contributed by atoms with E-state index in [0.717, 1.165) is 19.7 Å². The van der Waals surface area contributed by atoms with E-state index < -0.39 is 0 Å². The zero-order chi connectivity index (χ0) is 13.5. The van der Waals surface area contributed by atoms with Crippen molar-refractivity contribution in [1.82, 2.24) is 5.32 Å². The topological polar surface area (TPSA) is 21.3 Å². The average molecular weight is 261 g/mol. The van der Waals surface area contributed by atoms with E-state index in [1.54, 1.807) is 0 Å². The highest BCUT2D eigenvalue weighted by atomic mass is 16.5. The van der Waals surface area contributed by atoms with Crippen LogP contribution in [0, 0.1) is 13.8 Å². The summed E-state index contributed by atoms with van der Waals surface area (Å²) in [6.07, 6.45) is 7.14. The van der Waals surface area contributed by atoms with Gasteiger partial charge in [-0.05, 0) is 37.8 Å². The Balaban J connectivity index is 1.62. The van der Waals surface area contributed by atoms with Crippen molar-refractivity contribution < 1.29 is 4.74 Å². The molecule has 1 aliphatic rings. The maximum absolute atomic E-state index is 5.91. The van der Waals surface area contributed by atoms with Gasteiger partial charge in [0.2, 0.25) is 0 Å². The van der Waals surface area contributed by atoms with Crippen LogP contribution in [0.3, 0.4) is 0 Å². The Hall–Kier alpha value is -0.860. The Kier molecular flexibility index (Phi) is 5.87. The largest absolute Gasteiger partial charge is 0.377 e. The Morgan fingerprint density at radius 2 is 1.95 bits per heavy atom. The van der Waals surface area contributed by atoms with Gasteiger partial charge in [-0.1, -0.05) is 43.0 Å². The molecule has 106 valence electrons. The van der Waals surface area contributed by atoms with Gasteiger partial charge in [0, 0.05) is 13.1 Å². The van der Waals surface area contributed by atoms with Gasteiger partial charge < -0.3 is 10.1 Å². The number of ether oxygens (including phenoxy) is 1. The Morgan fingerprint density at radius 3 is 2.74 bits per heavy atom. The third-order valence-corrected chi connectivity index (χ3v) is 4.00. The Morgan fingerprint density at radius 1 is 1.16 bits per heavy atom. The zero-order valence-corrected chi connectivity index (χ0v) is 12.4. The molecule has 0 unspecified atom stereocenters. The first kappa shape index (κ1) is 14.5. The summed E-state index contributed by atoms with van der Waals surface area (Å²) in [7, 11) is 0. The van der Waals surface area contributed by atoms with Gasteiger partial charge in [0.25, 0.3) is 0 Å². The lowest BCUT2D eigenvalue weighted by Gasteiger charge is -2.22. The van der Waals surface area contributed by atoms with Crippen molar-refractivity contribution in [1.29, 1.82) is 0 Å². The maximum atomic E-state index is 5.91. The molecule has 1 aromatic carbocycles. The molecular weight excluding hydrogens is 234 g/mol. The Labute approximate surface area is 117 Å². The average Bonchev–Trinajstić information content (AvgIpc) is 2.43. The predicted octanol–water partition coefficient (Wildman–Crippen LogP) is 3.74. The van der Waals surface area contributed by atoms with Crippen LogP contribution < -0.4 is 5.32 Å². The minimum absolute atomic E-state index is 0.524. The fraction of sp³-hybridized carbons (Fsp3) is 0.647. The maximum Gasteiger partial charge on any atom is 0.0594 e. The number of hydrogen-bond acceptors (Lipinski definition) is 2. The summed E-state index contributed by atoms with van der Waals surface area (Å²) in [5.41, 5.74) is 4.10. The monoisotopic (exact) mass is 261 g/mol. The van der Waals surface area contributed by atoms with Crippen molar-refractivity contribution in [2.24, 2.45) is 0 Å². The van der Waals surface area contributed by atoms with Crippen molar-refractivity contribution in [3.8, 4) is 0 Å². The quantitative estimate of drug-likeness (QED) is 0.788. The van der Waals surface area contributed by atoms with Crippen LogP contribution in [-0.4, -0.2) is 19.3 Å². The van der Waals surface area contributed by atoms with Gasteiger partial charge in [-0.2, -0.15) is 0 Å². The second-order valence-electron chi connectivity index (χ2n) is 5.74. The number of benzene rings is 1. The van der Waals surface area contributed by atoms with E-state index in [1.807, 2.05) is 0 Å². The fourth-order valence-corrected chi connectivity index (χ4v) is 2.74. The normalized spacial score (nSPS) is 16.7. The molecule has 0 saturated heterocycles. The molecule has 0 aliphatic heterocycles. The van der Waals surface area contributed by atoms with E-state index >= 15 is 0 Å². The van der Waals surface area contributed by atoms with E-state index in [0.29, 0.717) is 6.10 Å². The molecule has 1 saturated carbocycles. The molecular formula is C17H27NO. The van der Waals surface area contributed by atoms with Crippen LogP contribution in [0.15, 0.2) is 18.2 Å². The first-order valence-electron chi connectivity index (χ1n) is 7.64. The third kappa shape index (κ3) is 4.96. The summed E-state index contributed by atoms with van der Waals surface area (Å²) < 4.78 is 5.91. The zero-order valence-electron chi connectivity index (χ0n) is 12.4. The molecule has 0 radical (unpaired) electrons. The number of rotatable bonds is 6. The fourth-order valence-electron chi connectivity index (χ4n) is 2.74. The van der Waals surface area contributed by atoms with E-state index in [1.165, 1.54) is 48.8 Å². The summed E-state index contributed by atoms with van der Waals surface area (Å²) >= 11 is 0. The molecule has 1 aliphatic carbocycles. The molecule has 2 rings (SSSR count). The molecule has 2 nitrogen and oxygen atoms in total. The van der Waals surface area contributed by atoms with Crippen molar-refractivity contribution in [2.75, 3.05) is 13.2 Å². The van der Waals surface area contributed by atoms with Crippen LogP contribution >= 0.6 is 0 Å². The minimum atomic E-state index is 0.524. The van der Waals surface area contributed by atoms with Gasteiger partial charge in [0.15, 0.2) is 0 Å². The summed E-state index contributed by atoms with van der Waals surface area (Å²) in [5, 5.41) is 3.48. The minimum Gasteiger partial charge on any atom is -0.377 e. The molecule has 19 heavy (non-hydrogen) atoms. The molecule has 0 aromatic heterocycles. The molecule has 2 heteroatoms. The van der Waals surface area contributed by atoms with E-state index in [4.69, 9.17) is 4.74 Å². The van der Waals surface area contributed by atoms with Gasteiger partial charge in [0.1, 0.15) is 0 Å². The lowest BCUT2D eigenvalue weighted by atomic mass is 9.98.